The van der Waals surface area contributed by atoms with E-state index in [1.165, 1.54) is 24.5 Å². The molecule has 1 aliphatic carbocycles. The topological polar surface area (TPSA) is 101 Å². The Balaban J connectivity index is 1.86. The highest BCUT2D eigenvalue weighted by Gasteiger charge is 2.28. The summed E-state index contributed by atoms with van der Waals surface area (Å²) in [6.45, 7) is 4.08. The largest absolute Gasteiger partial charge is 0.336 e. The molecule has 0 saturated heterocycles. The molecule has 1 N–H and O–H groups in total. The highest BCUT2D eigenvalue weighted by molar-refractivity contribution is 7.89. The molecular weight excluding hydrogens is 393 g/mol. The van der Waals surface area contributed by atoms with Crippen molar-refractivity contribution < 1.29 is 12.8 Å². The van der Waals surface area contributed by atoms with Gasteiger partial charge in [0.15, 0.2) is 5.82 Å². The first-order valence-electron chi connectivity index (χ1n) is 9.36. The third-order valence-corrected chi connectivity index (χ3v) is 6.43. The van der Waals surface area contributed by atoms with E-state index in [4.69, 9.17) is 0 Å². The van der Waals surface area contributed by atoms with Crippen LogP contribution in [0.5, 0.6) is 0 Å². The summed E-state index contributed by atoms with van der Waals surface area (Å²) in [6, 6.07) is 6.24. The lowest BCUT2D eigenvalue weighted by molar-refractivity contribution is 0.569. The van der Waals surface area contributed by atoms with E-state index in [0.29, 0.717) is 34.6 Å². The van der Waals surface area contributed by atoms with E-state index in [0.717, 1.165) is 12.8 Å². The van der Waals surface area contributed by atoms with Crippen molar-refractivity contribution in [3.05, 3.63) is 42.0 Å². The average Bonchev–Trinajstić information content (AvgIpc) is 3.43. The van der Waals surface area contributed by atoms with E-state index in [2.05, 4.69) is 20.8 Å². The zero-order valence-corrected chi connectivity index (χ0v) is 16.9. The van der Waals surface area contributed by atoms with E-state index in [9.17, 15) is 18.1 Å². The van der Waals surface area contributed by atoms with Crippen LogP contribution in [0.25, 0.3) is 22.4 Å². The maximum atomic E-state index is 13.9. The van der Waals surface area contributed by atoms with Crippen molar-refractivity contribution >= 4 is 20.9 Å². The van der Waals surface area contributed by atoms with Gasteiger partial charge in [0.2, 0.25) is 10.0 Å². The predicted octanol–water partition coefficient (Wildman–Crippen LogP) is 3.21. The molecule has 0 aliphatic heterocycles. The third-order valence-electron chi connectivity index (χ3n) is 4.82. The Bertz CT molecular complexity index is 1220. The van der Waals surface area contributed by atoms with Gasteiger partial charge in [0.1, 0.15) is 22.5 Å². The van der Waals surface area contributed by atoms with Crippen molar-refractivity contribution in [2.24, 2.45) is 5.92 Å². The summed E-state index contributed by atoms with van der Waals surface area (Å²) < 4.78 is 42.9. The first-order chi connectivity index (χ1) is 13.8. The van der Waals surface area contributed by atoms with E-state index < -0.39 is 10.0 Å². The number of nitrogens with one attached hydrogen (secondary N) is 1. The van der Waals surface area contributed by atoms with Crippen LogP contribution in [-0.4, -0.2) is 29.0 Å². The second kappa shape index (κ2) is 7.21. The molecule has 7 nitrogen and oxygen atoms in total. The fraction of sp³-hybridized carbons (Fsp3) is 0.350. The molecule has 1 fully saturated rings. The lowest BCUT2D eigenvalue weighted by atomic mass is 10.1. The molecule has 0 atom stereocenters. The van der Waals surface area contributed by atoms with E-state index >= 15 is 0 Å². The van der Waals surface area contributed by atoms with Crippen molar-refractivity contribution in [2.45, 2.75) is 44.2 Å². The molecule has 9 heteroatoms. The molecule has 1 saturated carbocycles. The van der Waals surface area contributed by atoms with E-state index in [-0.39, 0.29) is 22.6 Å². The first kappa shape index (κ1) is 19.5. The molecule has 2 heterocycles. The lowest BCUT2D eigenvalue weighted by Crippen LogP contribution is -2.30. The zero-order chi connectivity index (χ0) is 20.8. The van der Waals surface area contributed by atoms with Crippen LogP contribution in [0.3, 0.4) is 0 Å². The normalized spacial score (nSPS) is 14.4. The summed E-state index contributed by atoms with van der Waals surface area (Å²) >= 11 is 0. The third kappa shape index (κ3) is 3.73. The average molecular weight is 413 g/mol. The Morgan fingerprint density at radius 3 is 2.59 bits per heavy atom. The van der Waals surface area contributed by atoms with Gasteiger partial charge >= 0.3 is 0 Å². The number of fused-ring (bicyclic) bond motifs is 1. The second-order valence-corrected chi connectivity index (χ2v) is 9.28. The fourth-order valence-electron chi connectivity index (χ4n) is 3.37. The molecule has 0 unspecified atom stereocenters. The number of sulfonamides is 1. The molecule has 0 spiro atoms. The van der Waals surface area contributed by atoms with Gasteiger partial charge in [0.25, 0.3) is 0 Å². The Labute approximate surface area is 168 Å². The van der Waals surface area contributed by atoms with Crippen LogP contribution in [0.4, 0.5) is 4.39 Å². The summed E-state index contributed by atoms with van der Waals surface area (Å²) in [5, 5.41) is 10.4. The molecule has 2 aromatic heterocycles. The molecular formula is C20H20FN5O2S. The summed E-state index contributed by atoms with van der Waals surface area (Å²) in [5.41, 5.74) is 1.46. The van der Waals surface area contributed by atoms with Crippen LogP contribution >= 0.6 is 0 Å². The summed E-state index contributed by atoms with van der Waals surface area (Å²) in [6.07, 6.45) is 4.62. The number of halogens is 1. The highest BCUT2D eigenvalue weighted by atomic mass is 32.2. The Kier molecular flexibility index (Phi) is 4.84. The van der Waals surface area contributed by atoms with Gasteiger partial charge in [-0.05, 0) is 50.8 Å². The highest BCUT2D eigenvalue weighted by Crippen LogP contribution is 2.37. The Morgan fingerprint density at radius 2 is 2.00 bits per heavy atom. The van der Waals surface area contributed by atoms with Crippen molar-refractivity contribution in [1.29, 1.82) is 5.26 Å². The number of rotatable bonds is 6. The number of hydrogen-bond donors (Lipinski definition) is 1. The van der Waals surface area contributed by atoms with Crippen molar-refractivity contribution in [3.8, 4) is 17.6 Å². The maximum absolute atomic E-state index is 13.9. The molecule has 0 bridgehead atoms. The fourth-order valence-corrected chi connectivity index (χ4v) is 4.51. The van der Waals surface area contributed by atoms with Gasteiger partial charge in [-0.25, -0.2) is 27.5 Å². The predicted molar refractivity (Wildman–Crippen MR) is 106 cm³/mol. The van der Waals surface area contributed by atoms with Gasteiger partial charge in [-0.15, -0.1) is 0 Å². The van der Waals surface area contributed by atoms with Crippen molar-refractivity contribution in [2.75, 3.05) is 0 Å². The Hall–Kier alpha value is -2.83. The molecule has 4 rings (SSSR count). The van der Waals surface area contributed by atoms with Gasteiger partial charge in [-0.1, -0.05) is 0 Å². The van der Waals surface area contributed by atoms with Gasteiger partial charge in [0.05, 0.1) is 23.5 Å². The number of hydrogen-bond acceptors (Lipinski definition) is 5. The minimum atomic E-state index is -3.72. The summed E-state index contributed by atoms with van der Waals surface area (Å²) in [5.74, 6) is 0.321. The minimum absolute atomic E-state index is 0.0515. The van der Waals surface area contributed by atoms with Crippen molar-refractivity contribution in [3.63, 3.8) is 0 Å². The smallest absolute Gasteiger partial charge is 0.243 e. The van der Waals surface area contributed by atoms with Gasteiger partial charge < -0.3 is 4.57 Å². The second-order valence-electron chi connectivity index (χ2n) is 7.57. The van der Waals surface area contributed by atoms with Crippen LogP contribution < -0.4 is 4.72 Å². The zero-order valence-electron chi connectivity index (χ0n) is 16.1. The Morgan fingerprint density at radius 1 is 1.31 bits per heavy atom. The molecule has 0 radical (unpaired) electrons. The van der Waals surface area contributed by atoms with Gasteiger partial charge in [0, 0.05) is 18.0 Å². The molecule has 1 aliphatic rings. The SMILES string of the molecule is CC(C)NS(=O)(=O)c1cnc(-c2c(C#N)c3ccc(F)cc3n2CC2CC2)nc1. The number of nitrogens with zero attached hydrogens (tertiary/aromatic N) is 4. The quantitative estimate of drug-likeness (QED) is 0.669. The van der Waals surface area contributed by atoms with Crippen LogP contribution in [0.1, 0.15) is 32.3 Å². The minimum Gasteiger partial charge on any atom is -0.336 e. The number of aromatic nitrogens is 3. The molecule has 0 amide bonds. The summed E-state index contributed by atoms with van der Waals surface area (Å²) in [7, 11) is -3.72. The summed E-state index contributed by atoms with van der Waals surface area (Å²) in [4.78, 5) is 8.43. The van der Waals surface area contributed by atoms with Crippen LogP contribution in [0.15, 0.2) is 35.5 Å². The first-order valence-corrected chi connectivity index (χ1v) is 10.8. The molecule has 3 aromatic rings. The number of benzene rings is 1. The van der Waals surface area contributed by atoms with E-state index in [1.54, 1.807) is 19.9 Å². The maximum Gasteiger partial charge on any atom is 0.243 e. The van der Waals surface area contributed by atoms with E-state index in [1.807, 2.05) is 4.57 Å². The van der Waals surface area contributed by atoms with Crippen molar-refractivity contribution in [1.82, 2.24) is 19.3 Å². The lowest BCUT2D eigenvalue weighted by Gasteiger charge is -2.11. The van der Waals surface area contributed by atoms with Crippen LogP contribution in [0, 0.1) is 23.1 Å². The molecule has 29 heavy (non-hydrogen) atoms. The number of nitriles is 1. The van der Waals surface area contributed by atoms with Crippen LogP contribution in [0.2, 0.25) is 0 Å². The molecule has 1 aromatic carbocycles. The standard InChI is InChI=1S/C20H20FN5O2S/c1-12(2)25-29(27,28)15-9-23-20(24-10-15)19-17(8-22)16-6-5-14(21)7-18(16)26(19)11-13-3-4-13/h5-7,9-10,12-13,25H,3-4,11H2,1-2H3. The van der Waals surface area contributed by atoms with Gasteiger partial charge in [-0.3, -0.25) is 0 Å². The van der Waals surface area contributed by atoms with Gasteiger partial charge in [-0.2, -0.15) is 5.26 Å². The monoisotopic (exact) mass is 413 g/mol. The molecule has 150 valence electrons. The van der Waals surface area contributed by atoms with Crippen LogP contribution in [-0.2, 0) is 16.6 Å².